The molecule has 0 saturated heterocycles. The number of carbonyl (C=O) groups excluding carboxylic acids is 1. The van der Waals surface area contributed by atoms with Gasteiger partial charge in [0.05, 0.1) is 6.07 Å². The van der Waals surface area contributed by atoms with Gasteiger partial charge in [-0.25, -0.2) is 0 Å². The molecule has 0 bridgehead atoms. The van der Waals surface area contributed by atoms with Crippen molar-refractivity contribution in [3.05, 3.63) is 34.3 Å². The molecule has 2 rings (SSSR count). The number of nitrogens with zero attached hydrogens (tertiary/aromatic N) is 1. The number of nitrogens with one attached hydrogen (secondary N) is 1. The van der Waals surface area contributed by atoms with E-state index in [9.17, 15) is 10.1 Å². The third kappa shape index (κ3) is 4.31. The van der Waals surface area contributed by atoms with E-state index in [1.165, 1.54) is 5.56 Å². The number of halogens is 1. The van der Waals surface area contributed by atoms with Crippen LogP contribution < -0.4 is 10.6 Å². The Morgan fingerprint density at radius 1 is 1.50 bits per heavy atom. The van der Waals surface area contributed by atoms with Crippen molar-refractivity contribution in [3.8, 4) is 6.07 Å². The van der Waals surface area contributed by atoms with Gasteiger partial charge in [-0.05, 0) is 37.8 Å². The molecule has 1 aliphatic carbocycles. The van der Waals surface area contributed by atoms with Gasteiger partial charge in [0.2, 0.25) is 0 Å². The molecule has 2 atom stereocenters. The summed E-state index contributed by atoms with van der Waals surface area (Å²) in [7, 11) is 0. The van der Waals surface area contributed by atoms with E-state index in [2.05, 4.69) is 46.4 Å². The molecule has 5 heteroatoms. The number of carbonyl (C=O) groups is 1. The van der Waals surface area contributed by atoms with Crippen LogP contribution in [0.2, 0.25) is 0 Å². The topological polar surface area (TPSA) is 69.5 Å². The van der Waals surface area contributed by atoms with Crippen LogP contribution in [0.1, 0.15) is 44.7 Å². The molecular weight excluding hydrogens is 342 g/mol. The standard InChI is InChI=1S/C17H22BrN3O/c1-3-15(12-4-8-14(18)9-5-12)20-10-16(22)21-17(2,11-19)13-6-7-13/h4-5,8-9,13,15,20H,3,6-7,10H2,1-2H3,(H,21,22)/p+1/t15-,17-/m1/s1. The van der Waals surface area contributed by atoms with Gasteiger partial charge in [-0.2, -0.15) is 5.26 Å². The van der Waals surface area contributed by atoms with Crippen molar-refractivity contribution in [1.82, 2.24) is 5.32 Å². The van der Waals surface area contributed by atoms with Crippen LogP contribution in [0.4, 0.5) is 0 Å². The van der Waals surface area contributed by atoms with E-state index in [1.807, 2.05) is 24.4 Å². The van der Waals surface area contributed by atoms with Gasteiger partial charge in [-0.3, -0.25) is 4.79 Å². The molecule has 22 heavy (non-hydrogen) atoms. The van der Waals surface area contributed by atoms with E-state index in [1.54, 1.807) is 0 Å². The summed E-state index contributed by atoms with van der Waals surface area (Å²) >= 11 is 3.43. The molecule has 1 fully saturated rings. The summed E-state index contributed by atoms with van der Waals surface area (Å²) in [6.45, 7) is 4.29. The lowest BCUT2D eigenvalue weighted by Crippen LogP contribution is -2.87. The Hall–Kier alpha value is -1.38. The average Bonchev–Trinajstić information content (AvgIpc) is 3.34. The lowest BCUT2D eigenvalue weighted by Gasteiger charge is -2.23. The normalized spacial score (nSPS) is 18.1. The number of hydrogen-bond acceptors (Lipinski definition) is 2. The number of hydrogen-bond donors (Lipinski definition) is 2. The number of nitriles is 1. The van der Waals surface area contributed by atoms with Crippen molar-refractivity contribution in [2.75, 3.05) is 6.54 Å². The fourth-order valence-corrected chi connectivity index (χ4v) is 2.98. The summed E-state index contributed by atoms with van der Waals surface area (Å²) in [5.74, 6) is 0.251. The highest BCUT2D eigenvalue weighted by molar-refractivity contribution is 9.10. The number of nitrogens with two attached hydrogens (primary N) is 1. The van der Waals surface area contributed by atoms with E-state index < -0.39 is 5.54 Å². The minimum absolute atomic E-state index is 0.0634. The van der Waals surface area contributed by atoms with E-state index in [0.29, 0.717) is 12.5 Å². The monoisotopic (exact) mass is 364 g/mol. The van der Waals surface area contributed by atoms with Gasteiger partial charge < -0.3 is 10.6 Å². The van der Waals surface area contributed by atoms with Crippen molar-refractivity contribution in [2.24, 2.45) is 5.92 Å². The zero-order chi connectivity index (χ0) is 16.2. The van der Waals surface area contributed by atoms with Gasteiger partial charge in [0.1, 0.15) is 11.6 Å². The lowest BCUT2D eigenvalue weighted by atomic mass is 9.98. The van der Waals surface area contributed by atoms with E-state index in [0.717, 1.165) is 23.7 Å². The molecule has 1 aromatic rings. The first kappa shape index (κ1) is 17.0. The summed E-state index contributed by atoms with van der Waals surface area (Å²) in [4.78, 5) is 12.2. The molecule has 0 spiro atoms. The molecule has 0 aromatic heterocycles. The first-order chi connectivity index (χ1) is 10.5. The summed E-state index contributed by atoms with van der Waals surface area (Å²) in [6, 6.07) is 10.7. The van der Waals surface area contributed by atoms with Crippen LogP contribution >= 0.6 is 15.9 Å². The second-order valence-electron chi connectivity index (χ2n) is 6.14. The maximum atomic E-state index is 12.2. The fraction of sp³-hybridized carbons (Fsp3) is 0.529. The van der Waals surface area contributed by atoms with Crippen LogP contribution in [0.3, 0.4) is 0 Å². The number of rotatable bonds is 7. The Morgan fingerprint density at radius 2 is 2.14 bits per heavy atom. The highest BCUT2D eigenvalue weighted by Crippen LogP contribution is 2.39. The van der Waals surface area contributed by atoms with Gasteiger partial charge in [-0.1, -0.05) is 35.0 Å². The molecule has 118 valence electrons. The average molecular weight is 365 g/mol. The zero-order valence-electron chi connectivity index (χ0n) is 13.1. The molecule has 4 nitrogen and oxygen atoms in total. The summed E-state index contributed by atoms with van der Waals surface area (Å²) < 4.78 is 1.05. The summed E-state index contributed by atoms with van der Waals surface area (Å²) in [6.07, 6.45) is 3.02. The first-order valence-corrected chi connectivity index (χ1v) is 8.59. The van der Waals surface area contributed by atoms with Crippen LogP contribution in [-0.4, -0.2) is 18.0 Å². The first-order valence-electron chi connectivity index (χ1n) is 7.79. The zero-order valence-corrected chi connectivity index (χ0v) is 14.7. The molecule has 3 N–H and O–H groups in total. The van der Waals surface area contributed by atoms with Crippen molar-refractivity contribution in [1.29, 1.82) is 5.26 Å². The molecule has 1 saturated carbocycles. The highest BCUT2D eigenvalue weighted by Gasteiger charge is 2.43. The molecule has 0 radical (unpaired) electrons. The predicted molar refractivity (Wildman–Crippen MR) is 88.9 cm³/mol. The molecule has 0 heterocycles. The third-order valence-corrected chi connectivity index (χ3v) is 4.88. The largest absolute Gasteiger partial charge is 0.333 e. The Kier molecular flexibility index (Phi) is 5.60. The Bertz CT molecular complexity index is 562. The van der Waals surface area contributed by atoms with Gasteiger partial charge in [-0.15, -0.1) is 0 Å². The number of amides is 1. The van der Waals surface area contributed by atoms with Gasteiger partial charge >= 0.3 is 0 Å². The fourth-order valence-electron chi connectivity index (χ4n) is 2.72. The minimum Gasteiger partial charge on any atom is -0.333 e. The molecule has 1 amide bonds. The van der Waals surface area contributed by atoms with Crippen LogP contribution in [0.15, 0.2) is 28.7 Å². The van der Waals surface area contributed by atoms with E-state index >= 15 is 0 Å². The lowest BCUT2D eigenvalue weighted by molar-refractivity contribution is -0.686. The highest BCUT2D eigenvalue weighted by atomic mass is 79.9. The van der Waals surface area contributed by atoms with E-state index in [4.69, 9.17) is 0 Å². The maximum absolute atomic E-state index is 12.2. The van der Waals surface area contributed by atoms with Crippen molar-refractivity contribution >= 4 is 21.8 Å². The molecule has 0 unspecified atom stereocenters. The SMILES string of the molecule is CC[C@@H]([NH2+]CC(=O)N[C@](C)(C#N)C1CC1)c1ccc(Br)cc1. The van der Waals surface area contributed by atoms with Crippen LogP contribution in [0.5, 0.6) is 0 Å². The van der Waals surface area contributed by atoms with Crippen molar-refractivity contribution in [3.63, 3.8) is 0 Å². The Morgan fingerprint density at radius 3 is 2.64 bits per heavy atom. The van der Waals surface area contributed by atoms with Crippen LogP contribution in [0.25, 0.3) is 0 Å². The third-order valence-electron chi connectivity index (χ3n) is 4.35. The Labute approximate surface area is 140 Å². The second-order valence-corrected chi connectivity index (χ2v) is 7.06. The molecule has 1 aliphatic rings. The van der Waals surface area contributed by atoms with Crippen LogP contribution in [0, 0.1) is 17.2 Å². The molecule has 0 aliphatic heterocycles. The molecule has 1 aromatic carbocycles. The Balaban J connectivity index is 1.89. The predicted octanol–water partition coefficient (Wildman–Crippen LogP) is 2.27. The van der Waals surface area contributed by atoms with Gasteiger partial charge in [0, 0.05) is 16.5 Å². The summed E-state index contributed by atoms with van der Waals surface area (Å²) in [5, 5.41) is 14.2. The maximum Gasteiger partial charge on any atom is 0.276 e. The van der Waals surface area contributed by atoms with Crippen molar-refractivity contribution < 1.29 is 10.1 Å². The van der Waals surface area contributed by atoms with E-state index in [-0.39, 0.29) is 11.9 Å². The van der Waals surface area contributed by atoms with Gasteiger partial charge in [0.15, 0.2) is 6.54 Å². The van der Waals surface area contributed by atoms with Crippen LogP contribution in [-0.2, 0) is 4.79 Å². The quantitative estimate of drug-likeness (QED) is 0.778. The molecular formula is C17H23BrN3O+. The minimum atomic E-state index is -0.704. The number of quaternary nitrogens is 1. The summed E-state index contributed by atoms with van der Waals surface area (Å²) in [5.41, 5.74) is 0.508. The van der Waals surface area contributed by atoms with Crippen molar-refractivity contribution in [2.45, 2.75) is 44.7 Å². The second kappa shape index (κ2) is 7.26. The number of benzene rings is 1. The van der Waals surface area contributed by atoms with Gasteiger partial charge in [0.25, 0.3) is 5.91 Å². The smallest absolute Gasteiger partial charge is 0.276 e.